The van der Waals surface area contributed by atoms with Crippen molar-refractivity contribution in [2.45, 2.75) is 12.8 Å². The number of fused-ring (bicyclic) bond motifs is 4. The summed E-state index contributed by atoms with van der Waals surface area (Å²) < 4.78 is 7.80. The monoisotopic (exact) mass is 406 g/mol. The van der Waals surface area contributed by atoms with E-state index in [0.29, 0.717) is 23.1 Å². The first-order chi connectivity index (χ1) is 15.2. The Morgan fingerprint density at radius 2 is 1.77 bits per heavy atom. The third-order valence-electron chi connectivity index (χ3n) is 5.63. The Hall–Kier alpha value is -4.19. The van der Waals surface area contributed by atoms with E-state index in [0.717, 1.165) is 22.3 Å². The number of ether oxygens (including phenoxy) is 1. The number of aromatic hydroxyl groups is 1. The van der Waals surface area contributed by atoms with Crippen LogP contribution >= 0.6 is 0 Å². The second-order valence-corrected chi connectivity index (χ2v) is 7.70. The molecule has 3 heterocycles. The van der Waals surface area contributed by atoms with Crippen LogP contribution < -0.4 is 4.74 Å². The molecule has 2 aromatic heterocycles. The largest absolute Gasteiger partial charge is 0.508 e. The third kappa shape index (κ3) is 2.84. The van der Waals surface area contributed by atoms with E-state index in [9.17, 15) is 5.11 Å². The second-order valence-electron chi connectivity index (χ2n) is 7.70. The minimum atomic E-state index is -0.146. The summed E-state index contributed by atoms with van der Waals surface area (Å²) in [5.41, 5.74) is 5.73. The number of phenols is 1. The Morgan fingerprint density at radius 3 is 2.58 bits per heavy atom. The number of benzene rings is 3. The Labute approximate surface area is 178 Å². The summed E-state index contributed by atoms with van der Waals surface area (Å²) in [6.07, 6.45) is 1.62. The van der Waals surface area contributed by atoms with Gasteiger partial charge in [0, 0.05) is 23.1 Å². The lowest BCUT2D eigenvalue weighted by atomic mass is 9.84. The Morgan fingerprint density at radius 1 is 0.968 bits per heavy atom. The van der Waals surface area contributed by atoms with Crippen LogP contribution in [0, 0.1) is 6.92 Å². The fourth-order valence-corrected chi connectivity index (χ4v) is 4.12. The van der Waals surface area contributed by atoms with Crippen LogP contribution in [-0.4, -0.2) is 24.7 Å². The molecule has 150 valence electrons. The van der Waals surface area contributed by atoms with Crippen molar-refractivity contribution in [3.8, 4) is 28.8 Å². The molecule has 1 aliphatic rings. The Kier molecular flexibility index (Phi) is 3.80. The molecule has 0 saturated carbocycles. The highest BCUT2D eigenvalue weighted by atomic mass is 16.5. The van der Waals surface area contributed by atoms with Gasteiger partial charge < -0.3 is 9.84 Å². The van der Waals surface area contributed by atoms with Crippen molar-refractivity contribution < 1.29 is 9.84 Å². The van der Waals surface area contributed by atoms with Gasteiger partial charge in [0.1, 0.15) is 17.8 Å². The molecule has 0 unspecified atom stereocenters. The first-order valence-electron chi connectivity index (χ1n) is 10.1. The van der Waals surface area contributed by atoms with Gasteiger partial charge in [-0.2, -0.15) is 0 Å². The van der Waals surface area contributed by atoms with Crippen molar-refractivity contribution in [1.82, 2.24) is 19.6 Å². The minimum Gasteiger partial charge on any atom is -0.508 e. The highest BCUT2D eigenvalue weighted by Gasteiger charge is 2.33. The Balaban J connectivity index is 1.61. The van der Waals surface area contributed by atoms with Gasteiger partial charge in [-0.1, -0.05) is 66.2 Å². The van der Waals surface area contributed by atoms with E-state index in [1.807, 2.05) is 48.5 Å². The zero-order valence-electron chi connectivity index (χ0n) is 16.7. The van der Waals surface area contributed by atoms with Crippen molar-refractivity contribution in [3.05, 3.63) is 101 Å². The molecular weight excluding hydrogens is 388 g/mol. The van der Waals surface area contributed by atoms with Gasteiger partial charge in [-0.3, -0.25) is 0 Å². The molecule has 6 nitrogen and oxygen atoms in total. The zero-order valence-corrected chi connectivity index (χ0v) is 16.7. The first-order valence-corrected chi connectivity index (χ1v) is 10.1. The van der Waals surface area contributed by atoms with E-state index in [1.165, 1.54) is 5.56 Å². The van der Waals surface area contributed by atoms with E-state index in [2.05, 4.69) is 29.1 Å². The van der Waals surface area contributed by atoms with E-state index in [-0.39, 0.29) is 11.7 Å². The number of hydrogen-bond donors (Lipinski definition) is 1. The van der Waals surface area contributed by atoms with Crippen molar-refractivity contribution in [1.29, 1.82) is 0 Å². The van der Waals surface area contributed by atoms with Gasteiger partial charge in [0.15, 0.2) is 11.5 Å². The number of aromatic nitrogens is 4. The van der Waals surface area contributed by atoms with Gasteiger partial charge in [-0.25, -0.2) is 14.5 Å². The summed E-state index contributed by atoms with van der Waals surface area (Å²) in [4.78, 5) is 9.40. The molecule has 0 spiro atoms. The van der Waals surface area contributed by atoms with Gasteiger partial charge in [0.2, 0.25) is 5.88 Å². The third-order valence-corrected chi connectivity index (χ3v) is 5.63. The summed E-state index contributed by atoms with van der Waals surface area (Å²) in [6.45, 7) is 2.05. The second kappa shape index (κ2) is 6.67. The van der Waals surface area contributed by atoms with Crippen molar-refractivity contribution in [3.63, 3.8) is 0 Å². The quantitative estimate of drug-likeness (QED) is 0.434. The molecule has 0 bridgehead atoms. The summed E-state index contributed by atoms with van der Waals surface area (Å²) in [5, 5.41) is 14.7. The molecule has 0 saturated heterocycles. The molecule has 0 aliphatic carbocycles. The SMILES string of the molecule is Cc1ccc(-c2nc3c4c(ncn3n2)Oc2cc(O)ccc2[C@H]4c2ccccc2)cc1. The molecule has 1 atom stereocenters. The number of rotatable bonds is 2. The van der Waals surface area contributed by atoms with Crippen molar-refractivity contribution in [2.75, 3.05) is 0 Å². The number of phenolic OH excluding ortho intramolecular Hbond substituents is 1. The first kappa shape index (κ1) is 17.7. The standard InChI is InChI=1S/C25H18N4O2/c1-15-7-9-17(10-8-15)23-27-24-22-21(16-5-3-2-4-6-16)19-12-11-18(30)13-20(19)31-25(22)26-14-29(24)28-23/h2-14,21,30H,1H3/t21-/m1/s1. The molecule has 1 aliphatic heterocycles. The molecule has 1 N–H and O–H groups in total. The molecule has 0 amide bonds. The lowest BCUT2D eigenvalue weighted by Crippen LogP contribution is -2.14. The minimum absolute atomic E-state index is 0.146. The van der Waals surface area contributed by atoms with Gasteiger partial charge in [0.05, 0.1) is 5.56 Å². The maximum absolute atomic E-state index is 9.99. The highest BCUT2D eigenvalue weighted by molar-refractivity contribution is 5.68. The average molecular weight is 406 g/mol. The summed E-state index contributed by atoms with van der Waals surface area (Å²) in [5.74, 6) is 1.71. The summed E-state index contributed by atoms with van der Waals surface area (Å²) >= 11 is 0. The molecule has 6 heteroatoms. The summed E-state index contributed by atoms with van der Waals surface area (Å²) in [7, 11) is 0. The number of aryl methyl sites for hydroxylation is 1. The van der Waals surface area contributed by atoms with Crippen LogP contribution in [0.2, 0.25) is 0 Å². The average Bonchev–Trinajstić information content (AvgIpc) is 3.23. The Bertz CT molecular complexity index is 1430. The van der Waals surface area contributed by atoms with Crippen LogP contribution in [0.4, 0.5) is 0 Å². The smallest absolute Gasteiger partial charge is 0.228 e. The van der Waals surface area contributed by atoms with Crippen LogP contribution in [0.1, 0.15) is 28.2 Å². The van der Waals surface area contributed by atoms with Crippen molar-refractivity contribution >= 4 is 5.65 Å². The predicted octanol–water partition coefficient (Wildman–Crippen LogP) is 5.09. The topological polar surface area (TPSA) is 72.5 Å². The lowest BCUT2D eigenvalue weighted by molar-refractivity contribution is 0.422. The maximum atomic E-state index is 9.99. The van der Waals surface area contributed by atoms with E-state index < -0.39 is 0 Å². The normalized spacial score (nSPS) is 14.7. The maximum Gasteiger partial charge on any atom is 0.228 e. The molecule has 6 rings (SSSR count). The van der Waals surface area contributed by atoms with Crippen LogP contribution in [0.15, 0.2) is 79.1 Å². The van der Waals surface area contributed by atoms with E-state index in [1.54, 1.807) is 23.0 Å². The number of nitrogens with zero attached hydrogens (tertiary/aromatic N) is 4. The van der Waals surface area contributed by atoms with E-state index >= 15 is 0 Å². The van der Waals surface area contributed by atoms with Crippen LogP contribution in [0.25, 0.3) is 17.0 Å². The fourth-order valence-electron chi connectivity index (χ4n) is 4.12. The summed E-state index contributed by atoms with van der Waals surface area (Å²) in [6, 6.07) is 23.5. The van der Waals surface area contributed by atoms with Gasteiger partial charge in [0.25, 0.3) is 0 Å². The molecule has 5 aromatic rings. The molecular formula is C25H18N4O2. The predicted molar refractivity (Wildman–Crippen MR) is 117 cm³/mol. The van der Waals surface area contributed by atoms with Gasteiger partial charge in [-0.05, 0) is 18.6 Å². The fraction of sp³-hybridized carbons (Fsp3) is 0.0800. The van der Waals surface area contributed by atoms with Gasteiger partial charge >= 0.3 is 0 Å². The number of hydrogen-bond acceptors (Lipinski definition) is 5. The molecule has 0 fully saturated rings. The van der Waals surface area contributed by atoms with Crippen LogP contribution in [0.5, 0.6) is 17.4 Å². The lowest BCUT2D eigenvalue weighted by Gasteiger charge is -2.27. The van der Waals surface area contributed by atoms with Crippen LogP contribution in [-0.2, 0) is 0 Å². The molecule has 0 radical (unpaired) electrons. The highest BCUT2D eigenvalue weighted by Crippen LogP contribution is 2.48. The van der Waals surface area contributed by atoms with Gasteiger partial charge in [-0.15, -0.1) is 5.10 Å². The zero-order chi connectivity index (χ0) is 20.9. The molecule has 31 heavy (non-hydrogen) atoms. The van der Waals surface area contributed by atoms with E-state index in [4.69, 9.17) is 9.72 Å². The van der Waals surface area contributed by atoms with Crippen LogP contribution in [0.3, 0.4) is 0 Å². The molecule has 3 aromatic carbocycles. The van der Waals surface area contributed by atoms with Crippen molar-refractivity contribution in [2.24, 2.45) is 0 Å².